The lowest BCUT2D eigenvalue weighted by Crippen LogP contribution is -2.59. The maximum absolute atomic E-state index is 11.8. The molecule has 2 aliphatic rings. The SMILES string of the molecule is CCC1C(=O)NCCN1C(=O)NC1CC1. The summed E-state index contributed by atoms with van der Waals surface area (Å²) in [5.41, 5.74) is 0. The number of amides is 3. The second-order valence-electron chi connectivity index (χ2n) is 4.13. The second-order valence-corrected chi connectivity index (χ2v) is 4.13. The Balaban J connectivity index is 1.97. The average Bonchev–Trinajstić information content (AvgIpc) is 3.01. The Bertz CT molecular complexity index is 276. The molecule has 1 aliphatic heterocycles. The van der Waals surface area contributed by atoms with E-state index in [9.17, 15) is 9.59 Å². The van der Waals surface area contributed by atoms with Gasteiger partial charge in [-0.25, -0.2) is 4.79 Å². The highest BCUT2D eigenvalue weighted by Gasteiger charge is 2.34. The van der Waals surface area contributed by atoms with Crippen LogP contribution < -0.4 is 10.6 Å². The molecule has 2 fully saturated rings. The minimum absolute atomic E-state index is 0.0327. The van der Waals surface area contributed by atoms with E-state index in [1.807, 2.05) is 6.92 Å². The van der Waals surface area contributed by atoms with E-state index < -0.39 is 0 Å². The number of rotatable bonds is 2. The maximum atomic E-state index is 11.8. The minimum atomic E-state index is -0.294. The van der Waals surface area contributed by atoms with E-state index in [0.29, 0.717) is 25.6 Å². The molecule has 1 aliphatic carbocycles. The number of carbonyl (C=O) groups is 2. The Hall–Kier alpha value is -1.26. The summed E-state index contributed by atoms with van der Waals surface area (Å²) in [5, 5.41) is 5.69. The van der Waals surface area contributed by atoms with Crippen molar-refractivity contribution in [1.82, 2.24) is 15.5 Å². The van der Waals surface area contributed by atoms with Crippen LogP contribution in [0.5, 0.6) is 0 Å². The normalized spacial score (nSPS) is 26.1. The Morgan fingerprint density at radius 2 is 2.33 bits per heavy atom. The molecule has 0 spiro atoms. The maximum Gasteiger partial charge on any atom is 0.318 e. The summed E-state index contributed by atoms with van der Waals surface area (Å²) in [5.74, 6) is -0.0327. The van der Waals surface area contributed by atoms with Crippen LogP contribution in [0.25, 0.3) is 0 Å². The van der Waals surface area contributed by atoms with E-state index in [1.165, 1.54) is 0 Å². The lowest BCUT2D eigenvalue weighted by atomic mass is 10.1. The Kier molecular flexibility index (Phi) is 2.79. The molecule has 0 bridgehead atoms. The molecule has 5 nitrogen and oxygen atoms in total. The number of hydrogen-bond acceptors (Lipinski definition) is 2. The standard InChI is InChI=1S/C10H17N3O2/c1-2-8-9(14)11-5-6-13(8)10(15)12-7-3-4-7/h7-8H,2-6H2,1H3,(H,11,14)(H,12,15). The third kappa shape index (κ3) is 2.22. The van der Waals surface area contributed by atoms with Crippen LogP contribution in [0.1, 0.15) is 26.2 Å². The van der Waals surface area contributed by atoms with Gasteiger partial charge in [0.2, 0.25) is 5.91 Å². The first-order valence-corrected chi connectivity index (χ1v) is 5.57. The van der Waals surface area contributed by atoms with E-state index >= 15 is 0 Å². The van der Waals surface area contributed by atoms with Gasteiger partial charge in [-0.15, -0.1) is 0 Å². The lowest BCUT2D eigenvalue weighted by molar-refractivity contribution is -0.127. The van der Waals surface area contributed by atoms with Gasteiger partial charge in [0.1, 0.15) is 6.04 Å². The van der Waals surface area contributed by atoms with Crippen molar-refractivity contribution in [3.05, 3.63) is 0 Å². The monoisotopic (exact) mass is 211 g/mol. The van der Waals surface area contributed by atoms with Gasteiger partial charge in [-0.05, 0) is 19.3 Å². The fourth-order valence-corrected chi connectivity index (χ4v) is 1.85. The molecule has 2 N–H and O–H groups in total. The van der Waals surface area contributed by atoms with Crippen LogP contribution in [-0.4, -0.2) is 42.0 Å². The van der Waals surface area contributed by atoms with Gasteiger partial charge in [0, 0.05) is 19.1 Å². The zero-order valence-electron chi connectivity index (χ0n) is 8.95. The molecule has 15 heavy (non-hydrogen) atoms. The first kappa shape index (κ1) is 10.3. The predicted molar refractivity (Wildman–Crippen MR) is 55.3 cm³/mol. The summed E-state index contributed by atoms with van der Waals surface area (Å²) < 4.78 is 0. The fraction of sp³-hybridized carbons (Fsp3) is 0.800. The smallest absolute Gasteiger partial charge is 0.318 e. The van der Waals surface area contributed by atoms with Crippen molar-refractivity contribution in [2.24, 2.45) is 0 Å². The van der Waals surface area contributed by atoms with Gasteiger partial charge >= 0.3 is 6.03 Å². The van der Waals surface area contributed by atoms with Crippen LogP contribution in [0.4, 0.5) is 4.79 Å². The van der Waals surface area contributed by atoms with E-state index in [1.54, 1.807) is 4.90 Å². The van der Waals surface area contributed by atoms with E-state index in [4.69, 9.17) is 0 Å². The molecule has 1 saturated carbocycles. The number of urea groups is 1. The van der Waals surface area contributed by atoms with Gasteiger partial charge < -0.3 is 15.5 Å². The molecule has 0 aromatic rings. The van der Waals surface area contributed by atoms with E-state index in [2.05, 4.69) is 10.6 Å². The van der Waals surface area contributed by atoms with E-state index in [-0.39, 0.29) is 18.0 Å². The minimum Gasteiger partial charge on any atom is -0.353 e. The Labute approximate surface area is 89.2 Å². The van der Waals surface area contributed by atoms with Crippen molar-refractivity contribution in [3.8, 4) is 0 Å². The van der Waals surface area contributed by atoms with Crippen molar-refractivity contribution in [3.63, 3.8) is 0 Å². The van der Waals surface area contributed by atoms with Gasteiger partial charge in [0.15, 0.2) is 0 Å². The summed E-state index contributed by atoms with van der Waals surface area (Å²) in [6, 6.07) is -0.0308. The molecule has 84 valence electrons. The Morgan fingerprint density at radius 1 is 1.60 bits per heavy atom. The second kappa shape index (κ2) is 4.08. The summed E-state index contributed by atoms with van der Waals surface area (Å²) in [6.45, 7) is 3.10. The molecule has 1 atom stereocenters. The van der Waals surface area contributed by atoms with Gasteiger partial charge in [-0.3, -0.25) is 4.79 Å². The number of carbonyl (C=O) groups excluding carboxylic acids is 2. The molecular weight excluding hydrogens is 194 g/mol. The predicted octanol–water partition coefficient (Wildman–Crippen LogP) is 0.0688. The highest BCUT2D eigenvalue weighted by Crippen LogP contribution is 2.19. The van der Waals surface area contributed by atoms with Gasteiger partial charge in [0.05, 0.1) is 0 Å². The fourth-order valence-electron chi connectivity index (χ4n) is 1.85. The largest absolute Gasteiger partial charge is 0.353 e. The van der Waals surface area contributed by atoms with Crippen LogP contribution in [-0.2, 0) is 4.79 Å². The highest BCUT2D eigenvalue weighted by atomic mass is 16.2. The third-order valence-electron chi connectivity index (χ3n) is 2.88. The van der Waals surface area contributed by atoms with Crippen LogP contribution >= 0.6 is 0 Å². The summed E-state index contributed by atoms with van der Waals surface area (Å²) in [4.78, 5) is 25.0. The van der Waals surface area contributed by atoms with Crippen molar-refractivity contribution >= 4 is 11.9 Å². The number of piperazine rings is 1. The lowest BCUT2D eigenvalue weighted by Gasteiger charge is -2.34. The van der Waals surface area contributed by atoms with Crippen LogP contribution in [0.2, 0.25) is 0 Å². The summed E-state index contributed by atoms with van der Waals surface area (Å²) in [6.07, 6.45) is 2.81. The third-order valence-corrected chi connectivity index (χ3v) is 2.88. The molecule has 1 saturated heterocycles. The van der Waals surface area contributed by atoms with Crippen molar-refractivity contribution in [1.29, 1.82) is 0 Å². The van der Waals surface area contributed by atoms with E-state index in [0.717, 1.165) is 12.8 Å². The summed E-state index contributed by atoms with van der Waals surface area (Å²) in [7, 11) is 0. The molecule has 0 radical (unpaired) electrons. The van der Waals surface area contributed by atoms with Crippen molar-refractivity contribution in [2.45, 2.75) is 38.3 Å². The molecule has 1 unspecified atom stereocenters. The molecule has 0 aromatic carbocycles. The molecular formula is C10H17N3O2. The average molecular weight is 211 g/mol. The Morgan fingerprint density at radius 3 is 2.93 bits per heavy atom. The van der Waals surface area contributed by atoms with Crippen molar-refractivity contribution < 1.29 is 9.59 Å². The topological polar surface area (TPSA) is 61.4 Å². The number of hydrogen-bond donors (Lipinski definition) is 2. The zero-order chi connectivity index (χ0) is 10.8. The number of nitrogens with one attached hydrogen (secondary N) is 2. The molecule has 5 heteroatoms. The van der Waals surface area contributed by atoms with Gasteiger partial charge in [-0.2, -0.15) is 0 Å². The number of nitrogens with zero attached hydrogens (tertiary/aromatic N) is 1. The van der Waals surface area contributed by atoms with Crippen LogP contribution in [0.15, 0.2) is 0 Å². The molecule has 1 heterocycles. The summed E-state index contributed by atoms with van der Waals surface area (Å²) >= 11 is 0. The van der Waals surface area contributed by atoms with Gasteiger partial charge in [-0.1, -0.05) is 6.92 Å². The van der Waals surface area contributed by atoms with Gasteiger partial charge in [0.25, 0.3) is 0 Å². The highest BCUT2D eigenvalue weighted by molar-refractivity contribution is 5.88. The molecule has 0 aromatic heterocycles. The first-order chi connectivity index (χ1) is 7.22. The van der Waals surface area contributed by atoms with Crippen LogP contribution in [0.3, 0.4) is 0 Å². The van der Waals surface area contributed by atoms with Crippen LogP contribution in [0, 0.1) is 0 Å². The molecule has 3 amide bonds. The molecule has 2 rings (SSSR count). The quantitative estimate of drug-likeness (QED) is 0.679. The van der Waals surface area contributed by atoms with Crippen molar-refractivity contribution in [2.75, 3.05) is 13.1 Å². The first-order valence-electron chi connectivity index (χ1n) is 5.57. The zero-order valence-corrected chi connectivity index (χ0v) is 8.95.